The lowest BCUT2D eigenvalue weighted by Crippen LogP contribution is -2.29. The third-order valence-electron chi connectivity index (χ3n) is 1.92. The molecule has 0 unspecified atom stereocenters. The average molecular weight is 214 g/mol. The Bertz CT molecular complexity index is 415. The van der Waals surface area contributed by atoms with Crippen molar-refractivity contribution >= 4 is 17.8 Å². The Labute approximate surface area is 86.4 Å². The summed E-state index contributed by atoms with van der Waals surface area (Å²) in [5, 5.41) is 0.326. The molecular formula is C10H9ClFNO. The topological polar surface area (TPSA) is 21.6 Å². The molecule has 4 heteroatoms. The highest BCUT2D eigenvalue weighted by Gasteiger charge is 2.24. The number of aliphatic imine (C=N–C) groups is 1. The lowest BCUT2D eigenvalue weighted by molar-refractivity contribution is 0.116. The van der Waals surface area contributed by atoms with Crippen LogP contribution in [0.4, 0.5) is 4.39 Å². The standard InChI is InChI=1S/C10H9ClFNO/c1-10(2)13-5-7-8(12)3-6(11)4-9(7)14-10/h3-5H,1-2H3. The Morgan fingerprint density at radius 2 is 2.14 bits per heavy atom. The van der Waals surface area contributed by atoms with Crippen LogP contribution >= 0.6 is 11.6 Å². The minimum atomic E-state index is -0.649. The highest BCUT2D eigenvalue weighted by atomic mass is 35.5. The number of nitrogens with zero attached hydrogens (tertiary/aromatic N) is 1. The van der Waals surface area contributed by atoms with Gasteiger partial charge in [0.2, 0.25) is 0 Å². The zero-order valence-electron chi connectivity index (χ0n) is 7.84. The van der Waals surface area contributed by atoms with Crippen LogP contribution in [0.3, 0.4) is 0 Å². The van der Waals surface area contributed by atoms with Crippen LogP contribution < -0.4 is 4.74 Å². The Balaban J connectivity index is 2.56. The predicted octanol–water partition coefficient (Wildman–Crippen LogP) is 3.03. The summed E-state index contributed by atoms with van der Waals surface area (Å²) < 4.78 is 18.8. The van der Waals surface area contributed by atoms with Crippen molar-refractivity contribution in [2.45, 2.75) is 19.6 Å². The van der Waals surface area contributed by atoms with Gasteiger partial charge in [-0.15, -0.1) is 0 Å². The maximum absolute atomic E-state index is 13.3. The first-order valence-electron chi connectivity index (χ1n) is 4.21. The van der Waals surface area contributed by atoms with E-state index in [-0.39, 0.29) is 0 Å². The van der Waals surface area contributed by atoms with E-state index in [1.807, 2.05) is 0 Å². The second-order valence-corrected chi connectivity index (χ2v) is 4.04. The molecule has 0 saturated carbocycles. The second-order valence-electron chi connectivity index (χ2n) is 3.61. The predicted molar refractivity (Wildman–Crippen MR) is 53.7 cm³/mol. The number of hydrogen-bond acceptors (Lipinski definition) is 2. The molecule has 1 aromatic carbocycles. The van der Waals surface area contributed by atoms with Crippen LogP contribution in [0.25, 0.3) is 0 Å². The van der Waals surface area contributed by atoms with Gasteiger partial charge in [-0.2, -0.15) is 0 Å². The summed E-state index contributed by atoms with van der Waals surface area (Å²) in [6, 6.07) is 2.83. The molecule has 2 rings (SSSR count). The Morgan fingerprint density at radius 3 is 2.86 bits per heavy atom. The van der Waals surface area contributed by atoms with Crippen molar-refractivity contribution in [2.24, 2.45) is 4.99 Å². The molecule has 1 heterocycles. The van der Waals surface area contributed by atoms with E-state index in [1.165, 1.54) is 12.3 Å². The molecule has 14 heavy (non-hydrogen) atoms. The minimum Gasteiger partial charge on any atom is -0.466 e. The zero-order valence-corrected chi connectivity index (χ0v) is 8.60. The van der Waals surface area contributed by atoms with Gasteiger partial charge in [0.15, 0.2) is 5.72 Å². The summed E-state index contributed by atoms with van der Waals surface area (Å²) in [7, 11) is 0. The van der Waals surface area contributed by atoms with Gasteiger partial charge >= 0.3 is 0 Å². The van der Waals surface area contributed by atoms with Crippen LogP contribution in [0.5, 0.6) is 5.75 Å². The maximum Gasteiger partial charge on any atom is 0.194 e. The number of fused-ring (bicyclic) bond motifs is 1. The van der Waals surface area contributed by atoms with Gasteiger partial charge in [-0.1, -0.05) is 11.6 Å². The number of hydrogen-bond donors (Lipinski definition) is 0. The molecule has 0 N–H and O–H groups in total. The van der Waals surface area contributed by atoms with Crippen LogP contribution in [0.1, 0.15) is 19.4 Å². The van der Waals surface area contributed by atoms with Gasteiger partial charge in [-0.25, -0.2) is 9.38 Å². The van der Waals surface area contributed by atoms with Gasteiger partial charge in [-0.05, 0) is 26.0 Å². The average Bonchev–Trinajstić information content (AvgIpc) is 2.00. The molecule has 1 aromatic rings. The molecule has 0 radical (unpaired) electrons. The Morgan fingerprint density at radius 1 is 1.43 bits per heavy atom. The van der Waals surface area contributed by atoms with Crippen molar-refractivity contribution in [2.75, 3.05) is 0 Å². The van der Waals surface area contributed by atoms with Crippen LogP contribution in [0.2, 0.25) is 5.02 Å². The van der Waals surface area contributed by atoms with Crippen LogP contribution in [-0.2, 0) is 0 Å². The van der Waals surface area contributed by atoms with Crippen LogP contribution in [-0.4, -0.2) is 11.9 Å². The van der Waals surface area contributed by atoms with Crippen molar-refractivity contribution in [3.8, 4) is 5.75 Å². The first-order chi connectivity index (χ1) is 6.48. The fourth-order valence-corrected chi connectivity index (χ4v) is 1.48. The molecule has 74 valence electrons. The van der Waals surface area contributed by atoms with E-state index in [1.54, 1.807) is 19.9 Å². The summed E-state index contributed by atoms with van der Waals surface area (Å²) in [6.07, 6.45) is 1.48. The Hall–Kier alpha value is -1.09. The molecule has 2 nitrogen and oxygen atoms in total. The van der Waals surface area contributed by atoms with E-state index < -0.39 is 11.5 Å². The quantitative estimate of drug-likeness (QED) is 0.649. The molecule has 0 saturated heterocycles. The fraction of sp³-hybridized carbons (Fsp3) is 0.300. The van der Waals surface area contributed by atoms with E-state index in [0.29, 0.717) is 16.3 Å². The molecule has 0 fully saturated rings. The van der Waals surface area contributed by atoms with Gasteiger partial charge in [0, 0.05) is 11.2 Å². The number of benzene rings is 1. The summed E-state index contributed by atoms with van der Waals surface area (Å²) in [5.74, 6) is 0.0294. The molecule has 0 bridgehead atoms. The second kappa shape index (κ2) is 2.95. The normalized spacial score (nSPS) is 17.4. The Kier molecular flexibility index (Phi) is 2.00. The van der Waals surface area contributed by atoms with Gasteiger partial charge in [0.1, 0.15) is 11.6 Å². The summed E-state index contributed by atoms with van der Waals surface area (Å²) in [5.41, 5.74) is -0.293. The van der Waals surface area contributed by atoms with E-state index >= 15 is 0 Å². The summed E-state index contributed by atoms with van der Waals surface area (Å²) in [4.78, 5) is 4.06. The minimum absolute atomic E-state index is 0.326. The molecule has 0 aromatic heterocycles. The first kappa shape index (κ1) is 9.46. The van der Waals surface area contributed by atoms with Gasteiger partial charge in [0.05, 0.1) is 5.56 Å². The zero-order chi connectivity index (χ0) is 10.3. The lowest BCUT2D eigenvalue weighted by Gasteiger charge is -2.26. The number of halogens is 2. The molecular weight excluding hydrogens is 205 g/mol. The molecule has 0 spiro atoms. The van der Waals surface area contributed by atoms with Crippen molar-refractivity contribution in [3.05, 3.63) is 28.5 Å². The molecule has 0 aliphatic carbocycles. The van der Waals surface area contributed by atoms with Crippen molar-refractivity contribution in [1.82, 2.24) is 0 Å². The van der Waals surface area contributed by atoms with Crippen LogP contribution in [0, 0.1) is 5.82 Å². The van der Waals surface area contributed by atoms with Crippen LogP contribution in [0.15, 0.2) is 17.1 Å². The molecule has 1 aliphatic heterocycles. The molecule has 0 atom stereocenters. The smallest absolute Gasteiger partial charge is 0.194 e. The SMILES string of the molecule is CC1(C)N=Cc2c(F)cc(Cl)cc2O1. The van der Waals surface area contributed by atoms with E-state index in [4.69, 9.17) is 16.3 Å². The fourth-order valence-electron chi connectivity index (χ4n) is 1.29. The van der Waals surface area contributed by atoms with Crippen molar-refractivity contribution < 1.29 is 9.13 Å². The summed E-state index contributed by atoms with van der Waals surface area (Å²) >= 11 is 5.71. The van der Waals surface area contributed by atoms with E-state index in [9.17, 15) is 4.39 Å². The largest absolute Gasteiger partial charge is 0.466 e. The van der Waals surface area contributed by atoms with Crippen molar-refractivity contribution in [3.63, 3.8) is 0 Å². The highest BCUT2D eigenvalue weighted by molar-refractivity contribution is 6.30. The summed E-state index contributed by atoms with van der Waals surface area (Å²) in [6.45, 7) is 3.59. The van der Waals surface area contributed by atoms with E-state index in [2.05, 4.69) is 4.99 Å². The monoisotopic (exact) mass is 213 g/mol. The van der Waals surface area contributed by atoms with Gasteiger partial charge in [-0.3, -0.25) is 0 Å². The van der Waals surface area contributed by atoms with Gasteiger partial charge < -0.3 is 4.74 Å². The first-order valence-corrected chi connectivity index (χ1v) is 4.59. The third-order valence-corrected chi connectivity index (χ3v) is 2.14. The van der Waals surface area contributed by atoms with E-state index in [0.717, 1.165) is 0 Å². The maximum atomic E-state index is 13.3. The van der Waals surface area contributed by atoms with Crippen molar-refractivity contribution in [1.29, 1.82) is 0 Å². The third kappa shape index (κ3) is 1.60. The van der Waals surface area contributed by atoms with Gasteiger partial charge in [0.25, 0.3) is 0 Å². The number of ether oxygens (including phenoxy) is 1. The molecule has 1 aliphatic rings. The molecule has 0 amide bonds. The number of rotatable bonds is 0. The lowest BCUT2D eigenvalue weighted by atomic mass is 10.1. The highest BCUT2D eigenvalue weighted by Crippen LogP contribution is 2.31.